The van der Waals surface area contributed by atoms with Crippen molar-refractivity contribution >= 4 is 5.91 Å². The van der Waals surface area contributed by atoms with E-state index in [2.05, 4.69) is 13.8 Å². The Morgan fingerprint density at radius 2 is 2.17 bits per heavy atom. The largest absolute Gasteiger partial charge is 0.391 e. The van der Waals surface area contributed by atoms with Gasteiger partial charge < -0.3 is 10.0 Å². The van der Waals surface area contributed by atoms with E-state index in [1.165, 1.54) is 5.56 Å². The zero-order valence-corrected chi connectivity index (χ0v) is 11.3. The van der Waals surface area contributed by atoms with E-state index in [9.17, 15) is 9.90 Å². The molecule has 1 N–H and O–H groups in total. The van der Waals surface area contributed by atoms with E-state index < -0.39 is 0 Å². The number of benzene rings is 1. The predicted molar refractivity (Wildman–Crippen MR) is 71.8 cm³/mol. The van der Waals surface area contributed by atoms with Gasteiger partial charge in [0.15, 0.2) is 0 Å². The van der Waals surface area contributed by atoms with E-state index >= 15 is 0 Å². The zero-order valence-electron chi connectivity index (χ0n) is 11.3. The number of hydrogen-bond acceptors (Lipinski definition) is 2. The van der Waals surface area contributed by atoms with Crippen molar-refractivity contribution in [3.63, 3.8) is 0 Å². The maximum Gasteiger partial charge on any atom is 0.253 e. The Kier molecular flexibility index (Phi) is 3.71. The zero-order chi connectivity index (χ0) is 13.3. The van der Waals surface area contributed by atoms with Gasteiger partial charge in [0.05, 0.1) is 6.10 Å². The Labute approximate surface area is 108 Å². The predicted octanol–water partition coefficient (Wildman–Crippen LogP) is 2.33. The van der Waals surface area contributed by atoms with Crippen LogP contribution in [0.1, 0.15) is 47.7 Å². The number of likely N-dealkylation sites (tertiary alicyclic amines) is 1. The number of hydrogen-bond donors (Lipinski definition) is 1. The van der Waals surface area contributed by atoms with Crippen molar-refractivity contribution in [1.82, 2.24) is 4.90 Å². The summed E-state index contributed by atoms with van der Waals surface area (Å²) < 4.78 is 0. The van der Waals surface area contributed by atoms with Crippen LogP contribution in [-0.4, -0.2) is 35.1 Å². The Balaban J connectivity index is 2.19. The van der Waals surface area contributed by atoms with Gasteiger partial charge in [0.25, 0.3) is 5.91 Å². The molecule has 0 unspecified atom stereocenters. The third-order valence-corrected chi connectivity index (χ3v) is 3.59. The molecule has 0 spiro atoms. The average molecular weight is 247 g/mol. The number of carbonyl (C=O) groups is 1. The van der Waals surface area contributed by atoms with Crippen LogP contribution in [0.4, 0.5) is 0 Å². The molecule has 1 saturated heterocycles. The number of carbonyl (C=O) groups excluding carboxylic acids is 1. The third kappa shape index (κ3) is 2.56. The van der Waals surface area contributed by atoms with Crippen LogP contribution in [0.15, 0.2) is 18.2 Å². The number of aliphatic hydroxyl groups is 1. The van der Waals surface area contributed by atoms with Crippen molar-refractivity contribution in [2.75, 3.05) is 13.1 Å². The Morgan fingerprint density at radius 3 is 2.67 bits per heavy atom. The molecule has 1 aromatic carbocycles. The van der Waals surface area contributed by atoms with Crippen LogP contribution < -0.4 is 0 Å². The Morgan fingerprint density at radius 1 is 1.44 bits per heavy atom. The number of β-amino-alcohol motifs (C(OH)–C–C–N with tert-alkyl or cyclic N) is 1. The minimum absolute atomic E-state index is 0.0324. The summed E-state index contributed by atoms with van der Waals surface area (Å²) in [7, 11) is 0. The van der Waals surface area contributed by atoms with Gasteiger partial charge in [-0.15, -0.1) is 0 Å². The summed E-state index contributed by atoms with van der Waals surface area (Å²) in [4.78, 5) is 14.0. The van der Waals surface area contributed by atoms with Crippen LogP contribution >= 0.6 is 0 Å². The number of aryl methyl sites for hydroxylation is 1. The van der Waals surface area contributed by atoms with Gasteiger partial charge in [-0.25, -0.2) is 0 Å². The molecule has 0 aliphatic carbocycles. The molecule has 98 valence electrons. The highest BCUT2D eigenvalue weighted by Crippen LogP contribution is 2.21. The van der Waals surface area contributed by atoms with Gasteiger partial charge in [-0.1, -0.05) is 19.9 Å². The standard InChI is InChI=1S/C15H21NO2/c1-10(2)14-5-4-12(8-11(14)3)15(18)16-7-6-13(17)9-16/h4-5,8,10,13,17H,6-7,9H2,1-3H3/t13-/m1/s1. The normalized spacial score (nSPS) is 19.6. The number of rotatable bonds is 2. The number of aliphatic hydroxyl groups excluding tert-OH is 1. The van der Waals surface area contributed by atoms with Crippen LogP contribution in [0.2, 0.25) is 0 Å². The first kappa shape index (κ1) is 13.1. The van der Waals surface area contributed by atoms with E-state index in [0.29, 0.717) is 25.4 Å². The molecule has 1 atom stereocenters. The lowest BCUT2D eigenvalue weighted by Crippen LogP contribution is -2.29. The second-order valence-corrected chi connectivity index (χ2v) is 5.42. The summed E-state index contributed by atoms with van der Waals surface area (Å²) >= 11 is 0. The summed E-state index contributed by atoms with van der Waals surface area (Å²) in [5.41, 5.74) is 3.18. The lowest BCUT2D eigenvalue weighted by Gasteiger charge is -2.17. The first-order valence-corrected chi connectivity index (χ1v) is 6.57. The smallest absolute Gasteiger partial charge is 0.253 e. The fraction of sp³-hybridized carbons (Fsp3) is 0.533. The van der Waals surface area contributed by atoms with Gasteiger partial charge in [0.2, 0.25) is 0 Å². The lowest BCUT2D eigenvalue weighted by molar-refractivity contribution is 0.0765. The number of nitrogens with zero attached hydrogens (tertiary/aromatic N) is 1. The quantitative estimate of drug-likeness (QED) is 0.871. The van der Waals surface area contributed by atoms with E-state index in [1.54, 1.807) is 4.90 Å². The van der Waals surface area contributed by atoms with Crippen molar-refractivity contribution in [2.45, 2.75) is 39.2 Å². The van der Waals surface area contributed by atoms with Crippen molar-refractivity contribution in [3.8, 4) is 0 Å². The van der Waals surface area contributed by atoms with Gasteiger partial charge >= 0.3 is 0 Å². The molecule has 18 heavy (non-hydrogen) atoms. The molecule has 0 aromatic heterocycles. The van der Waals surface area contributed by atoms with Gasteiger partial charge in [-0.2, -0.15) is 0 Å². The molecule has 3 heteroatoms. The van der Waals surface area contributed by atoms with Crippen LogP contribution in [0.25, 0.3) is 0 Å². The minimum Gasteiger partial charge on any atom is -0.391 e. The molecule has 3 nitrogen and oxygen atoms in total. The molecule has 0 saturated carbocycles. The van der Waals surface area contributed by atoms with E-state index in [1.807, 2.05) is 25.1 Å². The molecule has 0 radical (unpaired) electrons. The topological polar surface area (TPSA) is 40.5 Å². The van der Waals surface area contributed by atoms with Crippen molar-refractivity contribution in [1.29, 1.82) is 0 Å². The lowest BCUT2D eigenvalue weighted by atomic mass is 9.96. The highest BCUT2D eigenvalue weighted by molar-refractivity contribution is 5.94. The molecule has 2 rings (SSSR count). The number of amides is 1. The molecule has 1 heterocycles. The van der Waals surface area contributed by atoms with Crippen LogP contribution in [0, 0.1) is 6.92 Å². The summed E-state index contributed by atoms with van der Waals surface area (Å²) in [6.07, 6.45) is 0.333. The highest BCUT2D eigenvalue weighted by Gasteiger charge is 2.25. The van der Waals surface area contributed by atoms with E-state index in [-0.39, 0.29) is 12.0 Å². The van der Waals surface area contributed by atoms with E-state index in [0.717, 1.165) is 11.1 Å². The molecule has 1 amide bonds. The SMILES string of the molecule is Cc1cc(C(=O)N2CC[C@@H](O)C2)ccc1C(C)C. The Hall–Kier alpha value is -1.35. The van der Waals surface area contributed by atoms with Crippen LogP contribution in [-0.2, 0) is 0 Å². The summed E-state index contributed by atoms with van der Waals surface area (Å²) in [5.74, 6) is 0.507. The van der Waals surface area contributed by atoms with Crippen molar-refractivity contribution in [2.24, 2.45) is 0 Å². The van der Waals surface area contributed by atoms with Gasteiger partial charge in [-0.3, -0.25) is 4.79 Å². The van der Waals surface area contributed by atoms with E-state index in [4.69, 9.17) is 0 Å². The second-order valence-electron chi connectivity index (χ2n) is 5.42. The summed E-state index contributed by atoms with van der Waals surface area (Å²) in [5, 5.41) is 9.47. The molecular weight excluding hydrogens is 226 g/mol. The van der Waals surface area contributed by atoms with Crippen LogP contribution in [0.3, 0.4) is 0 Å². The van der Waals surface area contributed by atoms with Crippen molar-refractivity contribution in [3.05, 3.63) is 34.9 Å². The molecule has 1 aliphatic rings. The van der Waals surface area contributed by atoms with Gasteiger partial charge in [0, 0.05) is 18.7 Å². The highest BCUT2D eigenvalue weighted by atomic mass is 16.3. The minimum atomic E-state index is -0.356. The molecule has 1 fully saturated rings. The molecular formula is C15H21NO2. The van der Waals surface area contributed by atoms with Crippen LogP contribution in [0.5, 0.6) is 0 Å². The third-order valence-electron chi connectivity index (χ3n) is 3.59. The Bertz CT molecular complexity index is 454. The summed E-state index contributed by atoms with van der Waals surface area (Å²) in [6, 6.07) is 5.90. The fourth-order valence-corrected chi connectivity index (χ4v) is 2.57. The maximum atomic E-state index is 12.2. The second kappa shape index (κ2) is 5.11. The molecule has 1 aliphatic heterocycles. The first-order valence-electron chi connectivity index (χ1n) is 6.57. The average Bonchev–Trinajstić information content (AvgIpc) is 2.74. The summed E-state index contributed by atoms with van der Waals surface area (Å²) in [6.45, 7) is 7.47. The van der Waals surface area contributed by atoms with Gasteiger partial charge in [-0.05, 0) is 42.5 Å². The first-order chi connectivity index (χ1) is 8.49. The fourth-order valence-electron chi connectivity index (χ4n) is 2.57. The van der Waals surface area contributed by atoms with Gasteiger partial charge in [0.1, 0.15) is 0 Å². The monoisotopic (exact) mass is 247 g/mol. The maximum absolute atomic E-state index is 12.2. The molecule has 0 bridgehead atoms. The molecule has 1 aromatic rings. The van der Waals surface area contributed by atoms with Crippen molar-refractivity contribution < 1.29 is 9.90 Å².